The first-order valence-corrected chi connectivity index (χ1v) is 6.00. The lowest BCUT2D eigenvalue weighted by Crippen LogP contribution is -2.10. The van der Waals surface area contributed by atoms with Gasteiger partial charge in [0, 0.05) is 5.39 Å². The molecular formula is C14H16ClN. The summed E-state index contributed by atoms with van der Waals surface area (Å²) in [5, 5.41) is 1.18. The molecule has 2 rings (SSSR count). The van der Waals surface area contributed by atoms with Crippen molar-refractivity contribution in [2.75, 3.05) is 0 Å². The molecule has 1 nitrogen and oxygen atoms in total. The second-order valence-electron chi connectivity index (χ2n) is 5.09. The zero-order valence-corrected chi connectivity index (χ0v) is 10.7. The van der Waals surface area contributed by atoms with Crippen LogP contribution >= 0.6 is 11.6 Å². The summed E-state index contributed by atoms with van der Waals surface area (Å²) in [6, 6.07) is 10.5. The van der Waals surface area contributed by atoms with Gasteiger partial charge < -0.3 is 0 Å². The zero-order chi connectivity index (χ0) is 11.8. The lowest BCUT2D eigenvalue weighted by Gasteiger charge is -2.19. The van der Waals surface area contributed by atoms with Crippen LogP contribution in [-0.2, 0) is 11.3 Å². The van der Waals surface area contributed by atoms with Crippen molar-refractivity contribution in [1.82, 2.24) is 4.98 Å². The van der Waals surface area contributed by atoms with E-state index >= 15 is 0 Å². The highest BCUT2D eigenvalue weighted by Crippen LogP contribution is 2.25. The van der Waals surface area contributed by atoms with Gasteiger partial charge in [-0.15, -0.1) is 11.6 Å². The smallest absolute Gasteiger partial charge is 0.0706 e. The van der Waals surface area contributed by atoms with E-state index in [1.807, 2.05) is 6.07 Å². The molecule has 0 atom stereocenters. The molecule has 0 bridgehead atoms. The maximum absolute atomic E-state index is 5.77. The molecule has 0 saturated heterocycles. The molecule has 2 aromatic rings. The molecule has 0 radical (unpaired) electrons. The molecule has 0 spiro atoms. The number of pyridine rings is 1. The van der Waals surface area contributed by atoms with Crippen molar-refractivity contribution >= 4 is 22.5 Å². The van der Waals surface area contributed by atoms with E-state index in [9.17, 15) is 0 Å². The molecule has 16 heavy (non-hydrogen) atoms. The molecule has 1 aromatic heterocycles. The van der Waals surface area contributed by atoms with Crippen LogP contribution in [0, 0.1) is 0 Å². The number of fused-ring (bicyclic) bond motifs is 1. The van der Waals surface area contributed by atoms with Crippen LogP contribution in [0.25, 0.3) is 10.9 Å². The number of benzene rings is 1. The fourth-order valence-corrected chi connectivity index (χ4v) is 1.86. The van der Waals surface area contributed by atoms with Crippen molar-refractivity contribution in [3.05, 3.63) is 41.6 Å². The van der Waals surface area contributed by atoms with Gasteiger partial charge in [-0.3, -0.25) is 4.98 Å². The molecule has 1 aromatic carbocycles. The Morgan fingerprint density at radius 2 is 1.88 bits per heavy atom. The van der Waals surface area contributed by atoms with Gasteiger partial charge in [0.25, 0.3) is 0 Å². The molecular weight excluding hydrogens is 218 g/mol. The number of rotatable bonds is 1. The molecule has 0 fully saturated rings. The monoisotopic (exact) mass is 233 g/mol. The Hall–Kier alpha value is -1.08. The van der Waals surface area contributed by atoms with Crippen LogP contribution in [0.1, 0.15) is 32.0 Å². The summed E-state index contributed by atoms with van der Waals surface area (Å²) in [6.45, 7) is 6.65. The molecule has 0 aliphatic rings. The van der Waals surface area contributed by atoms with Crippen molar-refractivity contribution in [1.29, 1.82) is 0 Å². The van der Waals surface area contributed by atoms with Crippen LogP contribution in [0.2, 0.25) is 0 Å². The minimum atomic E-state index is 0.180. The largest absolute Gasteiger partial charge is 0.252 e. The summed E-state index contributed by atoms with van der Waals surface area (Å²) in [5.41, 5.74) is 3.46. The second kappa shape index (κ2) is 4.06. The van der Waals surface area contributed by atoms with E-state index in [1.165, 1.54) is 10.9 Å². The Labute approximate surface area is 101 Å². The van der Waals surface area contributed by atoms with Gasteiger partial charge in [-0.25, -0.2) is 0 Å². The van der Waals surface area contributed by atoms with Gasteiger partial charge in [-0.05, 0) is 29.2 Å². The summed E-state index contributed by atoms with van der Waals surface area (Å²) >= 11 is 5.77. The molecule has 1 heterocycles. The molecule has 2 heteroatoms. The van der Waals surface area contributed by atoms with Crippen molar-refractivity contribution in [3.8, 4) is 0 Å². The minimum Gasteiger partial charge on any atom is -0.252 e. The predicted molar refractivity (Wildman–Crippen MR) is 70.0 cm³/mol. The third kappa shape index (κ3) is 2.19. The van der Waals surface area contributed by atoms with Crippen molar-refractivity contribution in [2.24, 2.45) is 0 Å². The Balaban J connectivity index is 2.56. The number of nitrogens with zero attached hydrogens (tertiary/aromatic N) is 1. The summed E-state index contributed by atoms with van der Waals surface area (Å²) in [4.78, 5) is 4.48. The molecule has 0 aliphatic heterocycles. The fourth-order valence-electron chi connectivity index (χ4n) is 1.71. The van der Waals surface area contributed by atoms with Crippen LogP contribution < -0.4 is 0 Å². The third-order valence-electron chi connectivity index (χ3n) is 2.75. The van der Waals surface area contributed by atoms with E-state index in [2.05, 4.69) is 50.0 Å². The van der Waals surface area contributed by atoms with Crippen LogP contribution in [0.15, 0.2) is 30.3 Å². The second-order valence-corrected chi connectivity index (χ2v) is 5.36. The Bertz CT molecular complexity index is 512. The number of hydrogen-bond donors (Lipinski definition) is 0. The van der Waals surface area contributed by atoms with Gasteiger partial charge in [0.05, 0.1) is 17.1 Å². The van der Waals surface area contributed by atoms with Crippen molar-refractivity contribution < 1.29 is 0 Å². The topological polar surface area (TPSA) is 12.9 Å². The van der Waals surface area contributed by atoms with E-state index in [1.54, 1.807) is 0 Å². The van der Waals surface area contributed by atoms with Gasteiger partial charge in [-0.1, -0.05) is 32.9 Å². The van der Waals surface area contributed by atoms with E-state index < -0.39 is 0 Å². The van der Waals surface area contributed by atoms with Gasteiger partial charge >= 0.3 is 0 Å². The lowest BCUT2D eigenvalue weighted by molar-refractivity contribution is 0.591. The number of halogens is 1. The van der Waals surface area contributed by atoms with Crippen molar-refractivity contribution in [2.45, 2.75) is 32.1 Å². The van der Waals surface area contributed by atoms with Crippen LogP contribution in [0.5, 0.6) is 0 Å². The van der Waals surface area contributed by atoms with E-state index in [0.29, 0.717) is 5.88 Å². The van der Waals surface area contributed by atoms with E-state index in [0.717, 1.165) is 11.2 Å². The first-order chi connectivity index (χ1) is 7.50. The number of aromatic nitrogens is 1. The first-order valence-electron chi connectivity index (χ1n) is 5.47. The van der Waals surface area contributed by atoms with E-state index in [-0.39, 0.29) is 5.41 Å². The average Bonchev–Trinajstić information content (AvgIpc) is 2.26. The minimum absolute atomic E-state index is 0.180. The quantitative estimate of drug-likeness (QED) is 0.671. The highest BCUT2D eigenvalue weighted by molar-refractivity contribution is 6.16. The molecule has 84 valence electrons. The summed E-state index contributed by atoms with van der Waals surface area (Å²) in [6.07, 6.45) is 0. The first kappa shape index (κ1) is 11.4. The highest BCUT2D eigenvalue weighted by Gasteiger charge is 2.13. The zero-order valence-electron chi connectivity index (χ0n) is 9.92. The van der Waals surface area contributed by atoms with Crippen LogP contribution in [0.4, 0.5) is 0 Å². The number of alkyl halides is 1. The fraction of sp³-hybridized carbons (Fsp3) is 0.357. The SMILES string of the molecule is CC(C)(C)c1ccc2nc(CCl)ccc2c1. The van der Waals surface area contributed by atoms with E-state index in [4.69, 9.17) is 11.6 Å². The molecule has 0 aliphatic carbocycles. The standard InChI is InChI=1S/C14H16ClN/c1-14(2,3)11-5-7-13-10(8-11)4-6-12(9-15)16-13/h4-8H,9H2,1-3H3. The average molecular weight is 234 g/mol. The van der Waals surface area contributed by atoms with Crippen molar-refractivity contribution in [3.63, 3.8) is 0 Å². The normalized spacial score (nSPS) is 12.0. The molecule has 0 unspecified atom stereocenters. The highest BCUT2D eigenvalue weighted by atomic mass is 35.5. The van der Waals surface area contributed by atoms with Gasteiger partial charge in [0.1, 0.15) is 0 Å². The molecule has 0 N–H and O–H groups in total. The molecule has 0 saturated carbocycles. The maximum Gasteiger partial charge on any atom is 0.0706 e. The third-order valence-corrected chi connectivity index (χ3v) is 3.02. The van der Waals surface area contributed by atoms with Gasteiger partial charge in [-0.2, -0.15) is 0 Å². The number of hydrogen-bond acceptors (Lipinski definition) is 1. The predicted octanol–water partition coefficient (Wildman–Crippen LogP) is 4.27. The summed E-state index contributed by atoms with van der Waals surface area (Å²) < 4.78 is 0. The Morgan fingerprint density at radius 3 is 2.50 bits per heavy atom. The summed E-state index contributed by atoms with van der Waals surface area (Å²) in [7, 11) is 0. The Kier molecular flexibility index (Phi) is 2.90. The lowest BCUT2D eigenvalue weighted by atomic mass is 9.86. The summed E-state index contributed by atoms with van der Waals surface area (Å²) in [5.74, 6) is 0.469. The van der Waals surface area contributed by atoms with Crippen LogP contribution in [-0.4, -0.2) is 4.98 Å². The maximum atomic E-state index is 5.77. The molecule has 0 amide bonds. The van der Waals surface area contributed by atoms with Gasteiger partial charge in [0.2, 0.25) is 0 Å². The van der Waals surface area contributed by atoms with Crippen LogP contribution in [0.3, 0.4) is 0 Å². The Morgan fingerprint density at radius 1 is 1.12 bits per heavy atom. The van der Waals surface area contributed by atoms with Gasteiger partial charge in [0.15, 0.2) is 0 Å².